The highest BCUT2D eigenvalue weighted by atomic mass is 35.5. The first-order valence-electron chi connectivity index (χ1n) is 5.87. The van der Waals surface area contributed by atoms with E-state index < -0.39 is 6.10 Å². The molecular weight excluding hydrogens is 315 g/mol. The zero-order valence-electron chi connectivity index (χ0n) is 10.2. The molecule has 0 fully saturated rings. The Labute approximate surface area is 129 Å². The highest BCUT2D eigenvalue weighted by molar-refractivity contribution is 7.10. The number of H-pyrrole nitrogens is 1. The summed E-state index contributed by atoms with van der Waals surface area (Å²) >= 11 is 13.5. The summed E-state index contributed by atoms with van der Waals surface area (Å²) in [7, 11) is 0. The number of benzene rings is 1. The molecule has 0 radical (unpaired) electrons. The van der Waals surface area contributed by atoms with E-state index >= 15 is 0 Å². The molecule has 3 nitrogen and oxygen atoms in total. The van der Waals surface area contributed by atoms with E-state index in [0.717, 1.165) is 16.3 Å². The molecule has 1 atom stereocenters. The Bertz CT molecular complexity index is 725. The average Bonchev–Trinajstić information content (AvgIpc) is 3.09. The van der Waals surface area contributed by atoms with Crippen molar-refractivity contribution >= 4 is 34.5 Å². The SMILES string of the molecule is O[C@H](c1ccc(Cl)cc1Cl)c1sccc1-c1ncc[nH]1. The summed E-state index contributed by atoms with van der Waals surface area (Å²) in [5, 5.41) is 13.5. The summed E-state index contributed by atoms with van der Waals surface area (Å²) in [6.45, 7) is 0. The van der Waals surface area contributed by atoms with E-state index in [4.69, 9.17) is 23.2 Å². The van der Waals surface area contributed by atoms with E-state index in [0.29, 0.717) is 15.6 Å². The first-order chi connectivity index (χ1) is 9.66. The Kier molecular flexibility index (Phi) is 3.81. The minimum absolute atomic E-state index is 0.448. The number of aromatic amines is 1. The van der Waals surface area contributed by atoms with E-state index in [1.54, 1.807) is 30.6 Å². The number of aliphatic hydroxyl groups excluding tert-OH is 1. The van der Waals surface area contributed by atoms with Gasteiger partial charge >= 0.3 is 0 Å². The third kappa shape index (κ3) is 2.47. The Morgan fingerprint density at radius 2 is 2.10 bits per heavy atom. The fourth-order valence-electron chi connectivity index (χ4n) is 2.01. The van der Waals surface area contributed by atoms with Gasteiger partial charge in [0, 0.05) is 38.4 Å². The summed E-state index contributed by atoms with van der Waals surface area (Å²) in [6, 6.07) is 7.00. The van der Waals surface area contributed by atoms with Crippen molar-refractivity contribution in [1.29, 1.82) is 0 Å². The first kappa shape index (κ1) is 13.6. The van der Waals surface area contributed by atoms with Crippen molar-refractivity contribution in [2.75, 3.05) is 0 Å². The maximum atomic E-state index is 10.6. The van der Waals surface area contributed by atoms with Gasteiger partial charge in [-0.15, -0.1) is 11.3 Å². The van der Waals surface area contributed by atoms with Crippen LogP contribution in [0.4, 0.5) is 0 Å². The average molecular weight is 325 g/mol. The molecule has 0 saturated heterocycles. The van der Waals surface area contributed by atoms with Crippen LogP contribution in [0.3, 0.4) is 0 Å². The molecule has 0 bridgehead atoms. The second-order valence-electron chi connectivity index (χ2n) is 4.20. The van der Waals surface area contributed by atoms with Crippen molar-refractivity contribution in [3.8, 4) is 11.4 Å². The monoisotopic (exact) mass is 324 g/mol. The van der Waals surface area contributed by atoms with Crippen LogP contribution in [-0.2, 0) is 0 Å². The number of thiophene rings is 1. The van der Waals surface area contributed by atoms with Crippen LogP contribution in [0, 0.1) is 0 Å². The Morgan fingerprint density at radius 1 is 1.25 bits per heavy atom. The van der Waals surface area contributed by atoms with Gasteiger partial charge in [0.2, 0.25) is 0 Å². The molecule has 2 heterocycles. The molecule has 1 aromatic carbocycles. The fraction of sp³-hybridized carbons (Fsp3) is 0.0714. The molecule has 102 valence electrons. The molecule has 0 aliphatic rings. The Hall–Kier alpha value is -1.33. The van der Waals surface area contributed by atoms with Gasteiger partial charge in [-0.1, -0.05) is 29.3 Å². The van der Waals surface area contributed by atoms with Crippen molar-refractivity contribution in [1.82, 2.24) is 9.97 Å². The highest BCUT2D eigenvalue weighted by Crippen LogP contribution is 2.37. The molecule has 2 N–H and O–H groups in total. The molecule has 3 rings (SSSR count). The molecular formula is C14H10Cl2N2OS. The van der Waals surface area contributed by atoms with Crippen LogP contribution in [0.1, 0.15) is 16.5 Å². The van der Waals surface area contributed by atoms with Crippen molar-refractivity contribution < 1.29 is 5.11 Å². The summed E-state index contributed by atoms with van der Waals surface area (Å²) < 4.78 is 0. The number of halogens is 2. The Morgan fingerprint density at radius 3 is 2.80 bits per heavy atom. The van der Waals surface area contributed by atoms with Crippen LogP contribution in [0.2, 0.25) is 10.0 Å². The third-order valence-electron chi connectivity index (χ3n) is 2.95. The second-order valence-corrected chi connectivity index (χ2v) is 6.00. The van der Waals surface area contributed by atoms with Crippen molar-refractivity contribution in [3.63, 3.8) is 0 Å². The van der Waals surface area contributed by atoms with E-state index in [-0.39, 0.29) is 0 Å². The normalized spacial score (nSPS) is 12.6. The molecule has 0 amide bonds. The third-order valence-corrected chi connectivity index (χ3v) is 4.49. The summed E-state index contributed by atoms with van der Waals surface area (Å²) in [6.07, 6.45) is 2.62. The molecule has 20 heavy (non-hydrogen) atoms. The zero-order valence-corrected chi connectivity index (χ0v) is 12.5. The maximum Gasteiger partial charge on any atom is 0.138 e. The fourth-order valence-corrected chi connectivity index (χ4v) is 3.42. The minimum atomic E-state index is -0.806. The second kappa shape index (κ2) is 5.58. The number of aromatic nitrogens is 2. The van der Waals surface area contributed by atoms with Crippen molar-refractivity contribution in [2.45, 2.75) is 6.10 Å². The van der Waals surface area contributed by atoms with Gasteiger partial charge in [0.15, 0.2) is 0 Å². The van der Waals surface area contributed by atoms with E-state index in [1.807, 2.05) is 11.4 Å². The highest BCUT2D eigenvalue weighted by Gasteiger charge is 2.20. The molecule has 6 heteroatoms. The van der Waals surface area contributed by atoms with Gasteiger partial charge in [0.1, 0.15) is 11.9 Å². The molecule has 0 aliphatic carbocycles. The Balaban J connectivity index is 2.03. The number of rotatable bonds is 3. The first-order valence-corrected chi connectivity index (χ1v) is 7.50. The maximum absolute atomic E-state index is 10.6. The van der Waals surface area contributed by atoms with Gasteiger partial charge in [-0.3, -0.25) is 0 Å². The van der Waals surface area contributed by atoms with Crippen LogP contribution < -0.4 is 0 Å². The number of hydrogen-bond donors (Lipinski definition) is 2. The summed E-state index contributed by atoms with van der Waals surface area (Å²) in [5.41, 5.74) is 1.50. The zero-order chi connectivity index (χ0) is 14.1. The lowest BCUT2D eigenvalue weighted by molar-refractivity contribution is 0.225. The largest absolute Gasteiger partial charge is 0.383 e. The van der Waals surface area contributed by atoms with Gasteiger partial charge in [0.05, 0.1) is 0 Å². The van der Waals surface area contributed by atoms with Crippen molar-refractivity contribution in [3.05, 3.63) is 62.5 Å². The minimum Gasteiger partial charge on any atom is -0.383 e. The van der Waals surface area contributed by atoms with Crippen LogP contribution in [0.5, 0.6) is 0 Å². The van der Waals surface area contributed by atoms with Gasteiger partial charge < -0.3 is 10.1 Å². The van der Waals surface area contributed by atoms with Gasteiger partial charge in [0.25, 0.3) is 0 Å². The van der Waals surface area contributed by atoms with E-state index in [2.05, 4.69) is 9.97 Å². The lowest BCUT2D eigenvalue weighted by Crippen LogP contribution is -2.00. The van der Waals surface area contributed by atoms with Crippen LogP contribution >= 0.6 is 34.5 Å². The topological polar surface area (TPSA) is 48.9 Å². The number of hydrogen-bond acceptors (Lipinski definition) is 3. The lowest BCUT2D eigenvalue weighted by Gasteiger charge is -2.13. The van der Waals surface area contributed by atoms with Crippen LogP contribution in [0.15, 0.2) is 42.0 Å². The van der Waals surface area contributed by atoms with Gasteiger partial charge in [-0.25, -0.2) is 4.98 Å². The molecule has 0 spiro atoms. The number of nitrogens with one attached hydrogen (secondary N) is 1. The molecule has 2 aromatic heterocycles. The molecule has 0 saturated carbocycles. The summed E-state index contributed by atoms with van der Waals surface area (Å²) in [5.74, 6) is 0.727. The van der Waals surface area contributed by atoms with E-state index in [9.17, 15) is 5.11 Å². The summed E-state index contributed by atoms with van der Waals surface area (Å²) in [4.78, 5) is 8.05. The van der Waals surface area contributed by atoms with Gasteiger partial charge in [-0.05, 0) is 23.6 Å². The predicted octanol–water partition coefficient (Wildman–Crippen LogP) is 4.53. The smallest absolute Gasteiger partial charge is 0.138 e. The molecule has 0 aliphatic heterocycles. The lowest BCUT2D eigenvalue weighted by atomic mass is 10.0. The van der Waals surface area contributed by atoms with Gasteiger partial charge in [-0.2, -0.15) is 0 Å². The molecule has 0 unspecified atom stereocenters. The van der Waals surface area contributed by atoms with Crippen LogP contribution in [-0.4, -0.2) is 15.1 Å². The quantitative estimate of drug-likeness (QED) is 0.743. The number of nitrogens with zero attached hydrogens (tertiary/aromatic N) is 1. The van der Waals surface area contributed by atoms with E-state index in [1.165, 1.54) is 11.3 Å². The number of aliphatic hydroxyl groups is 1. The molecule has 3 aromatic rings. The standard InChI is InChI=1S/C14H10Cl2N2OS/c15-8-1-2-9(11(16)7-8)12(19)13-10(3-6-20-13)14-17-4-5-18-14/h1-7,12,19H,(H,17,18)/t12-/m1/s1. The predicted molar refractivity (Wildman–Crippen MR) is 82.4 cm³/mol. The van der Waals surface area contributed by atoms with Crippen LogP contribution in [0.25, 0.3) is 11.4 Å². The van der Waals surface area contributed by atoms with Crippen molar-refractivity contribution in [2.24, 2.45) is 0 Å². The number of imidazole rings is 1.